The van der Waals surface area contributed by atoms with Gasteiger partial charge in [-0.15, -0.1) is 0 Å². The molecule has 1 fully saturated rings. The molecule has 2 spiro atoms. The molecule has 0 heterocycles. The zero-order valence-corrected chi connectivity index (χ0v) is 30.0. The minimum atomic E-state index is -0.277. The monoisotopic (exact) mass is 686 g/mol. The Labute approximate surface area is 313 Å². The van der Waals surface area contributed by atoms with Gasteiger partial charge in [0.05, 0.1) is 0 Å². The highest BCUT2D eigenvalue weighted by atomic mass is 14.9. The Morgan fingerprint density at radius 2 is 0.964 bits per heavy atom. The van der Waals surface area contributed by atoms with E-state index in [1.165, 1.54) is 54.9 Å². The predicted molar refractivity (Wildman–Crippen MR) is 227 cm³/mol. The van der Waals surface area contributed by atoms with Gasteiger partial charge >= 0.3 is 0 Å². The van der Waals surface area contributed by atoms with E-state index in [2.05, 4.69) is 123 Å². The summed E-state index contributed by atoms with van der Waals surface area (Å²) >= 11 is 0. The van der Waals surface area contributed by atoms with Gasteiger partial charge in [-0.25, -0.2) is 0 Å². The molecule has 7 aliphatic rings. The van der Waals surface area contributed by atoms with E-state index >= 15 is 0 Å². The van der Waals surface area contributed by atoms with Gasteiger partial charge in [0.1, 0.15) is 0 Å². The molecular formula is C55H26. The Morgan fingerprint density at radius 3 is 1.65 bits per heavy atom. The second-order valence-electron chi connectivity index (χ2n) is 18.9. The number of hydrogen-bond acceptors (Lipinski definition) is 0. The first-order chi connectivity index (χ1) is 27.2. The molecule has 0 bridgehead atoms. The van der Waals surface area contributed by atoms with Crippen molar-refractivity contribution < 1.29 is 0 Å². The maximum atomic E-state index is 2.70. The quantitative estimate of drug-likeness (QED) is 0.159. The van der Waals surface area contributed by atoms with Gasteiger partial charge in [0.2, 0.25) is 0 Å². The summed E-state index contributed by atoms with van der Waals surface area (Å²) in [5.74, 6) is 0.574. The molecule has 0 N–H and O–H groups in total. The molecule has 0 radical (unpaired) electrons. The van der Waals surface area contributed by atoms with Crippen LogP contribution in [0.1, 0.15) is 67.5 Å². The third kappa shape index (κ3) is 1.74. The van der Waals surface area contributed by atoms with Crippen LogP contribution in [0, 0.1) is 13.8 Å². The van der Waals surface area contributed by atoms with Crippen LogP contribution in [0.15, 0.2) is 115 Å². The van der Waals surface area contributed by atoms with Crippen LogP contribution in [0.4, 0.5) is 0 Å². The first kappa shape index (κ1) is 25.0. The second kappa shape index (κ2) is 6.60. The van der Waals surface area contributed by atoms with Crippen LogP contribution >= 0.6 is 0 Å². The number of allylic oxidation sites excluding steroid dienone is 6. The van der Waals surface area contributed by atoms with Gasteiger partial charge in [-0.05, 0) is 166 Å². The smallest absolute Gasteiger partial charge is 0.0486 e. The summed E-state index contributed by atoms with van der Waals surface area (Å²) in [6, 6.07) is 34.9. The lowest BCUT2D eigenvalue weighted by molar-refractivity contribution is 0.536. The van der Waals surface area contributed by atoms with Gasteiger partial charge in [-0.3, -0.25) is 0 Å². The maximum Gasteiger partial charge on any atom is 0.0486 e. The molecule has 12 aromatic carbocycles. The molecule has 0 saturated heterocycles. The van der Waals surface area contributed by atoms with Crippen LogP contribution in [0.3, 0.4) is 0 Å². The van der Waals surface area contributed by atoms with Gasteiger partial charge < -0.3 is 0 Å². The molecule has 7 aliphatic carbocycles. The van der Waals surface area contributed by atoms with Crippen molar-refractivity contribution in [3.63, 3.8) is 0 Å². The van der Waals surface area contributed by atoms with Crippen molar-refractivity contribution in [2.45, 2.75) is 41.9 Å². The SMILES string of the molecule is Cc1ccc(C2(c3ccc(C)cc3)C34C5=C6C=CC7c8ccc9c%10ccc%11c%12ccc%13c%14c(c%15c%16c3c6c7c3c8c9c6c%10c%11c(c%14%12)c%15c6c3%16)C42C%13C=C5)cc1. The Kier molecular flexibility index (Phi) is 3.00. The lowest BCUT2D eigenvalue weighted by Gasteiger charge is -2.34. The minimum absolute atomic E-state index is 0.175. The second-order valence-corrected chi connectivity index (χ2v) is 18.9. The third-order valence-electron chi connectivity index (χ3n) is 17.8. The molecule has 19 rings (SSSR count). The van der Waals surface area contributed by atoms with E-state index in [9.17, 15) is 0 Å². The van der Waals surface area contributed by atoms with Crippen molar-refractivity contribution >= 4 is 103 Å². The zero-order chi connectivity index (χ0) is 34.7. The van der Waals surface area contributed by atoms with E-state index in [1.54, 1.807) is 109 Å². The average molecular weight is 687 g/mol. The molecule has 55 heavy (non-hydrogen) atoms. The molecule has 0 amide bonds. The number of benzene rings is 9. The van der Waals surface area contributed by atoms with Crippen LogP contribution < -0.4 is 0 Å². The number of rotatable bonds is 2. The lowest BCUT2D eigenvalue weighted by atomic mass is 9.67. The summed E-state index contributed by atoms with van der Waals surface area (Å²) in [6.45, 7) is 4.52. The average Bonchev–Trinajstić information content (AvgIpc) is 3.84. The van der Waals surface area contributed by atoms with Gasteiger partial charge in [0, 0.05) is 28.1 Å². The van der Waals surface area contributed by atoms with Gasteiger partial charge in [0.25, 0.3) is 0 Å². The van der Waals surface area contributed by atoms with E-state index in [-0.39, 0.29) is 22.2 Å². The van der Waals surface area contributed by atoms with Gasteiger partial charge in [0.15, 0.2) is 0 Å². The highest BCUT2D eigenvalue weighted by Gasteiger charge is 2.95. The van der Waals surface area contributed by atoms with Crippen molar-refractivity contribution in [2.75, 3.05) is 0 Å². The van der Waals surface area contributed by atoms with Crippen molar-refractivity contribution in [3.8, 4) is 0 Å². The van der Waals surface area contributed by atoms with Gasteiger partial charge in [-0.1, -0.05) is 120 Å². The van der Waals surface area contributed by atoms with Crippen molar-refractivity contribution in [1.29, 1.82) is 0 Å². The normalized spacial score (nSPS) is 26.4. The van der Waals surface area contributed by atoms with Crippen LogP contribution in [-0.4, -0.2) is 0 Å². The molecule has 0 aliphatic heterocycles. The fourth-order valence-corrected chi connectivity index (χ4v) is 16.8. The number of hydrogen-bond donors (Lipinski definition) is 0. The van der Waals surface area contributed by atoms with Crippen molar-refractivity contribution in [3.05, 3.63) is 170 Å². The molecule has 0 heteroatoms. The molecule has 246 valence electrons. The van der Waals surface area contributed by atoms with Crippen molar-refractivity contribution in [2.24, 2.45) is 0 Å². The van der Waals surface area contributed by atoms with E-state index in [0.717, 1.165) is 0 Å². The van der Waals surface area contributed by atoms with Crippen LogP contribution in [0.2, 0.25) is 0 Å². The summed E-state index contributed by atoms with van der Waals surface area (Å²) in [5, 5.41) is 28.0. The summed E-state index contributed by atoms with van der Waals surface area (Å²) in [7, 11) is 0. The van der Waals surface area contributed by atoms with Crippen molar-refractivity contribution in [1.82, 2.24) is 0 Å². The first-order valence-corrected chi connectivity index (χ1v) is 20.4. The molecule has 4 unspecified atom stereocenters. The topological polar surface area (TPSA) is 0 Å². The lowest BCUT2D eigenvalue weighted by Crippen LogP contribution is -2.30. The molecule has 0 aromatic heterocycles. The van der Waals surface area contributed by atoms with E-state index < -0.39 is 0 Å². The summed E-state index contributed by atoms with van der Waals surface area (Å²) in [5.41, 5.74) is 17.8. The summed E-state index contributed by atoms with van der Waals surface area (Å²) in [4.78, 5) is 0. The molecule has 4 atom stereocenters. The number of aryl methyl sites for hydroxylation is 2. The zero-order valence-electron chi connectivity index (χ0n) is 30.0. The molecule has 12 aromatic rings. The highest BCUT2D eigenvalue weighted by Crippen LogP contribution is 2.96. The Balaban J connectivity index is 1.23. The minimum Gasteiger partial charge on any atom is -0.0757 e. The van der Waals surface area contributed by atoms with Crippen LogP contribution in [0.25, 0.3) is 103 Å². The first-order valence-electron chi connectivity index (χ1n) is 20.4. The summed E-state index contributed by atoms with van der Waals surface area (Å²) < 4.78 is 0. The van der Waals surface area contributed by atoms with E-state index in [4.69, 9.17) is 0 Å². The fourth-order valence-electron chi connectivity index (χ4n) is 16.8. The Hall–Kier alpha value is -6.24. The van der Waals surface area contributed by atoms with Gasteiger partial charge in [-0.2, -0.15) is 0 Å². The maximum absolute atomic E-state index is 2.70. The number of fused-ring (bicyclic) bond motifs is 4. The third-order valence-corrected chi connectivity index (χ3v) is 17.8. The highest BCUT2D eigenvalue weighted by molar-refractivity contribution is 6.61. The van der Waals surface area contributed by atoms with E-state index in [0.29, 0.717) is 5.92 Å². The Morgan fingerprint density at radius 1 is 0.418 bits per heavy atom. The molecule has 0 nitrogen and oxygen atoms in total. The molecule has 1 saturated carbocycles. The fraction of sp³-hybridized carbons (Fsp3) is 0.127. The predicted octanol–water partition coefficient (Wildman–Crippen LogP) is 13.2. The largest absolute Gasteiger partial charge is 0.0757 e. The Bertz CT molecular complexity index is 4060. The van der Waals surface area contributed by atoms with Crippen LogP contribution in [-0.2, 0) is 16.2 Å². The summed E-state index contributed by atoms with van der Waals surface area (Å²) in [6.07, 6.45) is 10.6. The standard InChI is InChI=1S/C55H26/c1-21-3-7-23(8-4-21)53(24-9-5-22(2)6-10-24)54-33-19-20-34-32-18-16-30-28-14-12-26-25-11-13-27-29-15-17-31(33)41-39(29)44-37(27)35(25)43-36(26)38(28)45-40(30)42(32)52(55(34,53)54)50-48(45)46(43)47(44)49(50)51(41)54/h3-20,29,34H,1-2H3. The van der Waals surface area contributed by atoms with E-state index in [1.807, 2.05) is 0 Å². The molecular weight excluding hydrogens is 661 g/mol. The van der Waals surface area contributed by atoms with Crippen LogP contribution in [0.5, 0.6) is 0 Å².